The van der Waals surface area contributed by atoms with E-state index in [0.29, 0.717) is 0 Å². The summed E-state index contributed by atoms with van der Waals surface area (Å²) >= 11 is 0. The number of rotatable bonds is 0. The maximum atomic E-state index is 9.44. The summed E-state index contributed by atoms with van der Waals surface area (Å²) in [6.45, 7) is 3.06. The van der Waals surface area contributed by atoms with Gasteiger partial charge >= 0.3 is 0 Å². The zero-order valence-electron chi connectivity index (χ0n) is 4.07. The van der Waals surface area contributed by atoms with Crippen LogP contribution in [0.1, 0.15) is 13.8 Å². The molecular weight excluding hydrogens is 106 g/mol. The normalized spacial score (nSPS) is 6.29. The van der Waals surface area contributed by atoms with Gasteiger partial charge in [-0.3, -0.25) is 0 Å². The van der Waals surface area contributed by atoms with Crippen LogP contribution in [0, 0.1) is 0 Å². The third kappa shape index (κ3) is 257. The lowest BCUT2D eigenvalue weighted by atomic mass is 10.6. The second kappa shape index (κ2) is 9.09. The van der Waals surface area contributed by atoms with Crippen LogP contribution >= 0.6 is 0 Å². The first-order valence-electron chi connectivity index (χ1n) is 1.51. The van der Waals surface area contributed by atoms with Crippen molar-refractivity contribution in [2.45, 2.75) is 13.8 Å². The van der Waals surface area contributed by atoms with Crippen LogP contribution in [0.5, 0.6) is 0 Å². The minimum Gasteiger partial charge on any atom is -0.300 e. The third-order valence-corrected chi connectivity index (χ3v) is 0. The van der Waals surface area contributed by atoms with Gasteiger partial charge in [0.2, 0.25) is 0 Å². The SMILES string of the molecule is CC(C)=O.FOF. The Kier molecular flexibility index (Phi) is 12.6. The first-order valence-corrected chi connectivity index (χ1v) is 1.51. The van der Waals surface area contributed by atoms with E-state index in [1.54, 1.807) is 0 Å². The van der Waals surface area contributed by atoms with Crippen LogP contribution in [0.25, 0.3) is 0 Å². The smallest absolute Gasteiger partial charge is 0.126 e. The zero-order chi connectivity index (χ0) is 6.28. The Balaban J connectivity index is 0. The lowest BCUT2D eigenvalue weighted by molar-refractivity contribution is -0.317. The molecule has 4 heteroatoms. The number of ketones is 1. The van der Waals surface area contributed by atoms with Crippen molar-refractivity contribution in [1.29, 1.82) is 0 Å². The lowest BCUT2D eigenvalue weighted by Crippen LogP contribution is -1.69. The molecule has 0 radical (unpaired) electrons. The molecule has 0 aliphatic rings. The molecule has 0 N–H and O–H groups in total. The van der Waals surface area contributed by atoms with Gasteiger partial charge < -0.3 is 4.79 Å². The average molecular weight is 112 g/mol. The Morgan fingerprint density at radius 1 is 1.43 bits per heavy atom. The van der Waals surface area contributed by atoms with E-state index in [9.17, 15) is 4.79 Å². The standard InChI is InChI=1S/C3H6O.F2O/c1-3(2)4;1-3-2/h1-2H3;. The summed E-state index contributed by atoms with van der Waals surface area (Å²) in [5, 5.41) is 1.25. The quantitative estimate of drug-likeness (QED) is 0.473. The summed E-state index contributed by atoms with van der Waals surface area (Å²) in [4.78, 5) is 9.44. The molecule has 0 aliphatic heterocycles. The van der Waals surface area contributed by atoms with Gasteiger partial charge in [-0.1, -0.05) is 0 Å². The summed E-state index contributed by atoms with van der Waals surface area (Å²) in [7, 11) is 0. The van der Waals surface area contributed by atoms with E-state index < -0.39 is 0 Å². The van der Waals surface area contributed by atoms with Crippen molar-refractivity contribution < 1.29 is 19.0 Å². The molecule has 0 saturated carbocycles. The Morgan fingerprint density at radius 3 is 1.43 bits per heavy atom. The molecule has 0 spiro atoms. The highest BCUT2D eigenvalue weighted by molar-refractivity contribution is 5.72. The Hall–Kier alpha value is -0.510. The van der Waals surface area contributed by atoms with Crippen molar-refractivity contribution in [1.82, 2.24) is 0 Å². The molecule has 0 bridgehead atoms. The molecule has 0 rings (SSSR count). The number of carbonyl (C=O) groups excluding carboxylic acids is 1. The van der Waals surface area contributed by atoms with E-state index in [2.05, 4.69) is 0 Å². The first-order chi connectivity index (χ1) is 3.15. The van der Waals surface area contributed by atoms with Crippen LogP contribution in [0.4, 0.5) is 9.05 Å². The molecule has 0 amide bonds. The first kappa shape index (κ1) is 9.70. The minimum absolute atomic E-state index is 0.167. The van der Waals surface area contributed by atoms with E-state index in [0.717, 1.165) is 0 Å². The van der Waals surface area contributed by atoms with E-state index in [-0.39, 0.29) is 5.78 Å². The van der Waals surface area contributed by atoms with Crippen molar-refractivity contribution in [3.63, 3.8) is 0 Å². The molecule has 0 atom stereocenters. The van der Waals surface area contributed by atoms with Gasteiger partial charge in [0.05, 0.1) is 0 Å². The Bertz CT molecular complexity index is 42.2. The lowest BCUT2D eigenvalue weighted by Gasteiger charge is -1.56. The number of Topliss-reactive ketones (excluding diaryl/α,β-unsaturated/α-hetero) is 1. The minimum atomic E-state index is 0.167. The third-order valence-electron chi connectivity index (χ3n) is 0. The Labute approximate surface area is 39.9 Å². The largest absolute Gasteiger partial charge is 0.300 e. The van der Waals surface area contributed by atoms with Gasteiger partial charge in [0, 0.05) is 5.15 Å². The molecule has 0 unspecified atom stereocenters. The molecule has 0 heterocycles. The topological polar surface area (TPSA) is 26.3 Å². The molecule has 0 fully saturated rings. The van der Waals surface area contributed by atoms with Crippen LogP contribution in [-0.2, 0) is 9.94 Å². The predicted octanol–water partition coefficient (Wildman–Crippen LogP) is 1.37. The second-order valence-electron chi connectivity index (χ2n) is 0.967. The van der Waals surface area contributed by atoms with Crippen LogP contribution in [0.15, 0.2) is 0 Å². The van der Waals surface area contributed by atoms with Crippen LogP contribution in [0.3, 0.4) is 0 Å². The molecule has 0 aromatic rings. The van der Waals surface area contributed by atoms with Crippen molar-refractivity contribution in [2.75, 3.05) is 0 Å². The highest BCUT2D eigenvalue weighted by Crippen LogP contribution is 1.61. The van der Waals surface area contributed by atoms with E-state index in [1.807, 2.05) is 0 Å². The fourth-order valence-corrected chi connectivity index (χ4v) is 0. The van der Waals surface area contributed by atoms with Crippen LogP contribution in [-0.4, -0.2) is 5.78 Å². The van der Waals surface area contributed by atoms with Crippen molar-refractivity contribution in [3.05, 3.63) is 0 Å². The van der Waals surface area contributed by atoms with Gasteiger partial charge in [0.25, 0.3) is 0 Å². The van der Waals surface area contributed by atoms with Gasteiger partial charge in [-0.25, -0.2) is 0 Å². The van der Waals surface area contributed by atoms with Crippen LogP contribution < -0.4 is 0 Å². The molecule has 7 heavy (non-hydrogen) atoms. The average Bonchev–Trinajstić information content (AvgIpc) is 1.33. The van der Waals surface area contributed by atoms with Crippen molar-refractivity contribution in [3.8, 4) is 0 Å². The summed E-state index contributed by atoms with van der Waals surface area (Å²) in [6, 6.07) is 0. The highest BCUT2D eigenvalue weighted by Gasteiger charge is 1.62. The summed E-state index contributed by atoms with van der Waals surface area (Å²) in [6.07, 6.45) is 0. The summed E-state index contributed by atoms with van der Waals surface area (Å²) in [5.41, 5.74) is 0. The predicted molar refractivity (Wildman–Crippen MR) is 19.7 cm³/mol. The maximum Gasteiger partial charge on any atom is 0.126 e. The van der Waals surface area contributed by atoms with Crippen molar-refractivity contribution in [2.24, 2.45) is 0 Å². The molecule has 2 nitrogen and oxygen atoms in total. The number of halogens is 2. The molecule has 0 aromatic carbocycles. The number of hydrogen-bond acceptors (Lipinski definition) is 2. The molecule has 44 valence electrons. The zero-order valence-corrected chi connectivity index (χ0v) is 4.07. The van der Waals surface area contributed by atoms with Gasteiger partial charge in [-0.15, -0.1) is 0 Å². The van der Waals surface area contributed by atoms with Crippen molar-refractivity contribution >= 4 is 5.78 Å². The number of hydrogen-bond donors (Lipinski definition) is 0. The molecule has 0 saturated heterocycles. The van der Waals surface area contributed by atoms with Crippen LogP contribution in [0.2, 0.25) is 0 Å². The van der Waals surface area contributed by atoms with E-state index in [4.69, 9.17) is 9.05 Å². The monoisotopic (exact) mass is 112 g/mol. The highest BCUT2D eigenvalue weighted by atomic mass is 19.6. The fourth-order valence-electron chi connectivity index (χ4n) is 0. The van der Waals surface area contributed by atoms with Gasteiger partial charge in [-0.05, 0) is 22.9 Å². The maximum absolute atomic E-state index is 9.44. The second-order valence-corrected chi connectivity index (χ2v) is 0.967. The molecule has 0 aromatic heterocycles. The van der Waals surface area contributed by atoms with E-state index in [1.165, 1.54) is 19.0 Å². The van der Waals surface area contributed by atoms with Gasteiger partial charge in [-0.2, -0.15) is 0 Å². The fraction of sp³-hybridized carbons (Fsp3) is 0.667. The van der Waals surface area contributed by atoms with E-state index >= 15 is 0 Å². The Morgan fingerprint density at radius 2 is 1.43 bits per heavy atom. The summed E-state index contributed by atoms with van der Waals surface area (Å²) in [5.74, 6) is 0.167. The van der Waals surface area contributed by atoms with Gasteiger partial charge in [0.15, 0.2) is 0 Å². The number of carbonyl (C=O) groups is 1. The molecule has 0 aliphatic carbocycles. The molecular formula is C3H6F2O2. The van der Waals surface area contributed by atoms with Gasteiger partial charge in [0.1, 0.15) is 5.78 Å². The summed E-state index contributed by atoms with van der Waals surface area (Å²) < 4.78 is 18.2.